The van der Waals surface area contributed by atoms with Crippen molar-refractivity contribution in [1.29, 1.82) is 0 Å². The third kappa shape index (κ3) is 8.89. The van der Waals surface area contributed by atoms with Gasteiger partial charge in [0.15, 0.2) is 0 Å². The first kappa shape index (κ1) is 14.3. The molecule has 0 fully saturated rings. The normalized spacial score (nSPS) is 11.6. The highest BCUT2D eigenvalue weighted by Crippen LogP contribution is 2.08. The van der Waals surface area contributed by atoms with Crippen molar-refractivity contribution < 1.29 is 4.90 Å². The smallest absolute Gasteiger partial charge is 0.0862 e. The van der Waals surface area contributed by atoms with E-state index in [2.05, 4.69) is 39.5 Å². The summed E-state index contributed by atoms with van der Waals surface area (Å²) in [6, 6.07) is 0. The lowest BCUT2D eigenvalue weighted by Gasteiger charge is -2.14. The molecule has 14 heavy (non-hydrogen) atoms. The van der Waals surface area contributed by atoms with E-state index in [-0.39, 0.29) is 0 Å². The van der Waals surface area contributed by atoms with Crippen molar-refractivity contribution >= 4 is 11.8 Å². The summed E-state index contributed by atoms with van der Waals surface area (Å²) >= 11 is 2.13. The summed E-state index contributed by atoms with van der Waals surface area (Å²) in [5, 5.41) is 0. The SMILES string of the molecule is CC[NH+](CC)CCSCCCC(C)C. The van der Waals surface area contributed by atoms with E-state index in [1.54, 1.807) is 4.90 Å². The summed E-state index contributed by atoms with van der Waals surface area (Å²) in [5.74, 6) is 3.58. The van der Waals surface area contributed by atoms with Gasteiger partial charge in [0.2, 0.25) is 0 Å². The van der Waals surface area contributed by atoms with Gasteiger partial charge in [0.25, 0.3) is 0 Å². The Kier molecular flexibility index (Phi) is 10.1. The highest BCUT2D eigenvalue weighted by Gasteiger charge is 2.01. The number of rotatable bonds is 9. The molecule has 0 unspecified atom stereocenters. The van der Waals surface area contributed by atoms with Crippen LogP contribution in [0, 0.1) is 5.92 Å². The topological polar surface area (TPSA) is 4.44 Å². The molecule has 0 aromatic carbocycles. The van der Waals surface area contributed by atoms with Crippen molar-refractivity contribution in [2.45, 2.75) is 40.5 Å². The predicted molar refractivity (Wildman–Crippen MR) is 68.3 cm³/mol. The molecule has 0 aromatic heterocycles. The van der Waals surface area contributed by atoms with E-state index in [1.807, 2.05) is 0 Å². The molecule has 0 aliphatic heterocycles. The molecule has 0 atom stereocenters. The maximum Gasteiger partial charge on any atom is 0.0862 e. The summed E-state index contributed by atoms with van der Waals surface area (Å²) in [6.45, 7) is 13.1. The molecule has 0 aliphatic rings. The van der Waals surface area contributed by atoms with Gasteiger partial charge in [-0.15, -0.1) is 0 Å². The Bertz CT molecular complexity index is 111. The van der Waals surface area contributed by atoms with Gasteiger partial charge in [-0.2, -0.15) is 11.8 Å². The Morgan fingerprint density at radius 2 is 1.71 bits per heavy atom. The van der Waals surface area contributed by atoms with Gasteiger partial charge in [0.1, 0.15) is 0 Å². The van der Waals surface area contributed by atoms with Crippen LogP contribution in [0.2, 0.25) is 0 Å². The van der Waals surface area contributed by atoms with E-state index < -0.39 is 0 Å². The van der Waals surface area contributed by atoms with Crippen molar-refractivity contribution in [3.8, 4) is 0 Å². The highest BCUT2D eigenvalue weighted by atomic mass is 32.2. The number of hydrogen-bond donors (Lipinski definition) is 1. The first-order valence-corrected chi connectivity index (χ1v) is 7.27. The summed E-state index contributed by atoms with van der Waals surface area (Å²) in [5.41, 5.74) is 0. The molecule has 1 N–H and O–H groups in total. The quantitative estimate of drug-likeness (QED) is 0.581. The summed E-state index contributed by atoms with van der Waals surface area (Å²) in [7, 11) is 0. The minimum absolute atomic E-state index is 0.879. The molecule has 0 amide bonds. The molecule has 0 saturated carbocycles. The minimum atomic E-state index is 0.879. The standard InChI is InChI=1S/C12H27NS/c1-5-13(6-2)9-11-14-10-7-8-12(3)4/h12H,5-11H2,1-4H3/p+1. The lowest BCUT2D eigenvalue weighted by atomic mass is 10.1. The molecule has 2 heteroatoms. The molecular formula is C12H28NS+. The average Bonchev–Trinajstić information content (AvgIpc) is 2.16. The Labute approximate surface area is 94.6 Å². The third-order valence-electron chi connectivity index (χ3n) is 2.67. The zero-order chi connectivity index (χ0) is 10.8. The van der Waals surface area contributed by atoms with Crippen LogP contribution >= 0.6 is 11.8 Å². The molecule has 1 nitrogen and oxygen atoms in total. The monoisotopic (exact) mass is 218 g/mol. The summed E-state index contributed by atoms with van der Waals surface area (Å²) < 4.78 is 0. The van der Waals surface area contributed by atoms with Crippen LogP contribution in [0.1, 0.15) is 40.5 Å². The van der Waals surface area contributed by atoms with E-state index in [4.69, 9.17) is 0 Å². The summed E-state index contributed by atoms with van der Waals surface area (Å²) in [6.07, 6.45) is 2.79. The van der Waals surface area contributed by atoms with Gasteiger partial charge in [-0.3, -0.25) is 0 Å². The van der Waals surface area contributed by atoms with Crippen LogP contribution in [-0.4, -0.2) is 31.1 Å². The molecule has 0 saturated heterocycles. The Morgan fingerprint density at radius 1 is 1.07 bits per heavy atom. The maximum absolute atomic E-state index is 2.31. The number of thioether (sulfide) groups is 1. The van der Waals surface area contributed by atoms with Crippen molar-refractivity contribution in [1.82, 2.24) is 0 Å². The zero-order valence-corrected chi connectivity index (χ0v) is 11.3. The molecule has 0 spiro atoms. The number of nitrogens with one attached hydrogen (secondary N) is 1. The van der Waals surface area contributed by atoms with Crippen molar-refractivity contribution in [2.75, 3.05) is 31.1 Å². The second-order valence-electron chi connectivity index (χ2n) is 4.36. The van der Waals surface area contributed by atoms with Crippen LogP contribution in [0.4, 0.5) is 0 Å². The third-order valence-corrected chi connectivity index (χ3v) is 3.74. The zero-order valence-electron chi connectivity index (χ0n) is 10.4. The Balaban J connectivity index is 3.12. The van der Waals surface area contributed by atoms with E-state index >= 15 is 0 Å². The largest absolute Gasteiger partial charge is 0.335 e. The van der Waals surface area contributed by atoms with Crippen LogP contribution in [0.5, 0.6) is 0 Å². The molecule has 0 rings (SSSR count). The van der Waals surface area contributed by atoms with Crippen LogP contribution in [-0.2, 0) is 0 Å². The fourth-order valence-corrected chi connectivity index (χ4v) is 2.52. The average molecular weight is 218 g/mol. The lowest BCUT2D eigenvalue weighted by molar-refractivity contribution is -0.893. The van der Waals surface area contributed by atoms with Crippen LogP contribution in [0.15, 0.2) is 0 Å². The van der Waals surface area contributed by atoms with Gasteiger partial charge in [-0.05, 0) is 31.9 Å². The molecule has 0 bridgehead atoms. The van der Waals surface area contributed by atoms with E-state index in [9.17, 15) is 0 Å². The molecule has 0 heterocycles. The second-order valence-corrected chi connectivity index (χ2v) is 5.58. The van der Waals surface area contributed by atoms with Crippen molar-refractivity contribution in [2.24, 2.45) is 5.92 Å². The second kappa shape index (κ2) is 9.85. The van der Waals surface area contributed by atoms with Crippen LogP contribution in [0.25, 0.3) is 0 Å². The maximum atomic E-state index is 2.31. The van der Waals surface area contributed by atoms with Crippen LogP contribution < -0.4 is 4.90 Å². The fourth-order valence-electron chi connectivity index (χ4n) is 1.52. The Morgan fingerprint density at radius 3 is 2.21 bits per heavy atom. The van der Waals surface area contributed by atoms with Crippen LogP contribution in [0.3, 0.4) is 0 Å². The van der Waals surface area contributed by atoms with Gasteiger partial charge in [-0.1, -0.05) is 20.3 Å². The first-order valence-electron chi connectivity index (χ1n) is 6.12. The summed E-state index contributed by atoms with van der Waals surface area (Å²) in [4.78, 5) is 1.74. The van der Waals surface area contributed by atoms with E-state index in [1.165, 1.54) is 44.0 Å². The van der Waals surface area contributed by atoms with Gasteiger partial charge >= 0.3 is 0 Å². The molecule has 0 aliphatic carbocycles. The Hall–Kier alpha value is 0.310. The number of quaternary nitrogens is 1. The first-order chi connectivity index (χ1) is 6.70. The van der Waals surface area contributed by atoms with Gasteiger partial charge in [-0.25, -0.2) is 0 Å². The van der Waals surface area contributed by atoms with E-state index in [0.29, 0.717) is 0 Å². The van der Waals surface area contributed by atoms with Gasteiger partial charge in [0.05, 0.1) is 19.6 Å². The van der Waals surface area contributed by atoms with Gasteiger partial charge in [0, 0.05) is 5.75 Å². The molecule has 0 aromatic rings. The minimum Gasteiger partial charge on any atom is -0.335 e. The number of hydrogen-bond acceptors (Lipinski definition) is 1. The van der Waals surface area contributed by atoms with Gasteiger partial charge < -0.3 is 4.90 Å². The van der Waals surface area contributed by atoms with Crippen molar-refractivity contribution in [3.63, 3.8) is 0 Å². The predicted octanol–water partition coefficient (Wildman–Crippen LogP) is 2.08. The fraction of sp³-hybridized carbons (Fsp3) is 1.00. The molecule has 86 valence electrons. The molecule has 0 radical (unpaired) electrons. The van der Waals surface area contributed by atoms with Crippen molar-refractivity contribution in [3.05, 3.63) is 0 Å². The molecular weight excluding hydrogens is 190 g/mol. The van der Waals surface area contributed by atoms with E-state index in [0.717, 1.165) is 5.92 Å². The lowest BCUT2D eigenvalue weighted by Crippen LogP contribution is -3.11. The highest BCUT2D eigenvalue weighted by molar-refractivity contribution is 7.99.